The Morgan fingerprint density at radius 3 is 2.87 bits per heavy atom. The molecule has 2 N–H and O–H groups in total. The van der Waals surface area contributed by atoms with Crippen LogP contribution in [-0.2, 0) is 6.61 Å². The second-order valence-electron chi connectivity index (χ2n) is 5.28. The third-order valence-electron chi connectivity index (χ3n) is 3.49. The van der Waals surface area contributed by atoms with E-state index in [-0.39, 0.29) is 5.92 Å². The van der Waals surface area contributed by atoms with Gasteiger partial charge in [-0.1, -0.05) is 19.1 Å². The molecule has 2 aromatic heterocycles. The van der Waals surface area contributed by atoms with Crippen LogP contribution in [0.25, 0.3) is 0 Å². The minimum Gasteiger partial charge on any atom is -0.487 e. The van der Waals surface area contributed by atoms with E-state index in [1.807, 2.05) is 36.6 Å². The van der Waals surface area contributed by atoms with Gasteiger partial charge in [0.15, 0.2) is 0 Å². The molecule has 0 saturated heterocycles. The van der Waals surface area contributed by atoms with E-state index >= 15 is 0 Å². The highest BCUT2D eigenvalue weighted by atomic mass is 32.1. The number of nitrogen functional groups attached to an aromatic ring is 1. The van der Waals surface area contributed by atoms with Crippen molar-refractivity contribution in [3.05, 3.63) is 64.0 Å². The molecule has 0 aliphatic heterocycles. The second kappa shape index (κ2) is 6.75. The number of aromatic nitrogens is 3. The van der Waals surface area contributed by atoms with Crippen LogP contribution in [0.1, 0.15) is 34.9 Å². The molecule has 5 nitrogen and oxygen atoms in total. The van der Waals surface area contributed by atoms with E-state index in [0.717, 1.165) is 22.0 Å². The number of anilines is 1. The zero-order chi connectivity index (χ0) is 16.2. The van der Waals surface area contributed by atoms with Gasteiger partial charge in [0.1, 0.15) is 24.0 Å². The molecule has 23 heavy (non-hydrogen) atoms. The Bertz CT molecular complexity index is 803. The van der Waals surface area contributed by atoms with E-state index in [1.165, 1.54) is 0 Å². The first-order chi connectivity index (χ1) is 11.1. The Morgan fingerprint density at radius 1 is 1.26 bits per heavy atom. The quantitative estimate of drug-likeness (QED) is 0.776. The molecule has 0 fully saturated rings. The number of nitrogens with zero attached hydrogens (tertiary/aromatic N) is 3. The fourth-order valence-electron chi connectivity index (χ4n) is 2.25. The lowest BCUT2D eigenvalue weighted by atomic mass is 10.00. The number of benzene rings is 1. The van der Waals surface area contributed by atoms with Gasteiger partial charge in [0.2, 0.25) is 0 Å². The Balaban J connectivity index is 1.74. The number of ether oxygens (including phenoxy) is 1. The van der Waals surface area contributed by atoms with Gasteiger partial charge >= 0.3 is 0 Å². The molecule has 6 heteroatoms. The molecule has 0 amide bonds. The maximum absolute atomic E-state index is 5.83. The Labute approximate surface area is 139 Å². The number of aryl methyl sites for hydroxylation is 1. The maximum atomic E-state index is 5.83. The third-order valence-corrected chi connectivity index (χ3v) is 4.32. The summed E-state index contributed by atoms with van der Waals surface area (Å²) in [6.07, 6.45) is 1.68. The van der Waals surface area contributed by atoms with E-state index in [4.69, 9.17) is 10.5 Å². The highest BCUT2D eigenvalue weighted by Gasteiger charge is 2.12. The van der Waals surface area contributed by atoms with Crippen LogP contribution in [0.5, 0.6) is 5.75 Å². The van der Waals surface area contributed by atoms with Crippen molar-refractivity contribution in [1.82, 2.24) is 15.0 Å². The van der Waals surface area contributed by atoms with E-state index in [0.29, 0.717) is 18.2 Å². The Morgan fingerprint density at radius 2 is 2.13 bits per heavy atom. The van der Waals surface area contributed by atoms with Crippen LogP contribution in [0.2, 0.25) is 0 Å². The standard InChI is InChI=1S/C17H18N4OS/c1-11(17-19-7-6-16(18)21-17)13-4-3-5-15(8-13)22-9-14-10-23-12(2)20-14/h3-8,10-11H,9H2,1-2H3,(H2,18,19,21). The van der Waals surface area contributed by atoms with Gasteiger partial charge in [0, 0.05) is 17.5 Å². The van der Waals surface area contributed by atoms with Crippen molar-refractivity contribution in [1.29, 1.82) is 0 Å². The molecule has 3 aromatic rings. The summed E-state index contributed by atoms with van der Waals surface area (Å²) in [6, 6.07) is 9.65. The molecule has 1 atom stereocenters. The topological polar surface area (TPSA) is 73.9 Å². The molecule has 0 bridgehead atoms. The molecule has 1 unspecified atom stereocenters. The van der Waals surface area contributed by atoms with Crippen molar-refractivity contribution in [2.75, 3.05) is 5.73 Å². The number of nitrogens with two attached hydrogens (primary N) is 1. The lowest BCUT2D eigenvalue weighted by Gasteiger charge is -2.12. The average molecular weight is 326 g/mol. The predicted octanol–water partition coefficient (Wildman–Crippen LogP) is 3.55. The van der Waals surface area contributed by atoms with Crippen molar-refractivity contribution in [3.8, 4) is 5.75 Å². The summed E-state index contributed by atoms with van der Waals surface area (Å²) < 4.78 is 5.83. The van der Waals surface area contributed by atoms with Gasteiger partial charge in [0.25, 0.3) is 0 Å². The summed E-state index contributed by atoms with van der Waals surface area (Å²) in [5, 5.41) is 3.06. The number of thiazole rings is 1. The average Bonchev–Trinajstić information content (AvgIpc) is 2.98. The zero-order valence-corrected chi connectivity index (χ0v) is 13.9. The predicted molar refractivity (Wildman–Crippen MR) is 91.6 cm³/mol. The molecular weight excluding hydrogens is 308 g/mol. The van der Waals surface area contributed by atoms with Crippen molar-refractivity contribution in [2.24, 2.45) is 0 Å². The van der Waals surface area contributed by atoms with Gasteiger partial charge in [-0.15, -0.1) is 11.3 Å². The van der Waals surface area contributed by atoms with E-state index in [1.54, 1.807) is 23.6 Å². The molecule has 0 aliphatic carbocycles. The molecule has 0 radical (unpaired) electrons. The largest absolute Gasteiger partial charge is 0.487 e. The van der Waals surface area contributed by atoms with Crippen LogP contribution in [0, 0.1) is 6.92 Å². The summed E-state index contributed by atoms with van der Waals surface area (Å²) in [7, 11) is 0. The summed E-state index contributed by atoms with van der Waals surface area (Å²) in [4.78, 5) is 13.0. The van der Waals surface area contributed by atoms with Gasteiger partial charge in [-0.05, 0) is 30.7 Å². The van der Waals surface area contributed by atoms with Gasteiger partial charge in [-0.2, -0.15) is 0 Å². The molecule has 118 valence electrons. The Hall–Kier alpha value is -2.47. The maximum Gasteiger partial charge on any atom is 0.137 e. The van der Waals surface area contributed by atoms with Crippen molar-refractivity contribution in [3.63, 3.8) is 0 Å². The third kappa shape index (κ3) is 3.84. The summed E-state index contributed by atoms with van der Waals surface area (Å²) >= 11 is 1.63. The first kappa shape index (κ1) is 15.4. The fourth-order valence-corrected chi connectivity index (χ4v) is 2.85. The lowest BCUT2D eigenvalue weighted by molar-refractivity contribution is 0.301. The first-order valence-electron chi connectivity index (χ1n) is 7.34. The molecular formula is C17H18N4OS. The van der Waals surface area contributed by atoms with Gasteiger partial charge in [0.05, 0.1) is 10.7 Å². The van der Waals surface area contributed by atoms with Crippen LogP contribution in [0.15, 0.2) is 41.9 Å². The lowest BCUT2D eigenvalue weighted by Crippen LogP contribution is -2.05. The van der Waals surface area contributed by atoms with Crippen LogP contribution >= 0.6 is 11.3 Å². The Kier molecular flexibility index (Phi) is 4.52. The molecule has 3 rings (SSSR count). The van der Waals surface area contributed by atoms with Gasteiger partial charge in [-0.3, -0.25) is 0 Å². The van der Waals surface area contributed by atoms with Crippen molar-refractivity contribution < 1.29 is 4.74 Å². The molecule has 0 saturated carbocycles. The van der Waals surface area contributed by atoms with E-state index < -0.39 is 0 Å². The smallest absolute Gasteiger partial charge is 0.137 e. The monoisotopic (exact) mass is 326 g/mol. The van der Waals surface area contributed by atoms with Crippen molar-refractivity contribution >= 4 is 17.2 Å². The minimum absolute atomic E-state index is 0.0450. The molecule has 0 aliphatic rings. The van der Waals surface area contributed by atoms with E-state index in [9.17, 15) is 0 Å². The minimum atomic E-state index is 0.0450. The molecule has 2 heterocycles. The highest BCUT2D eigenvalue weighted by molar-refractivity contribution is 7.09. The fraction of sp³-hybridized carbons (Fsp3) is 0.235. The second-order valence-corrected chi connectivity index (χ2v) is 6.34. The SMILES string of the molecule is Cc1nc(COc2cccc(C(C)c3nccc(N)n3)c2)cs1. The first-order valence-corrected chi connectivity index (χ1v) is 8.22. The summed E-state index contributed by atoms with van der Waals surface area (Å²) in [6.45, 7) is 4.51. The number of rotatable bonds is 5. The molecule has 0 spiro atoms. The van der Waals surface area contributed by atoms with E-state index in [2.05, 4.69) is 21.9 Å². The zero-order valence-electron chi connectivity index (χ0n) is 13.1. The van der Waals surface area contributed by atoms with Gasteiger partial charge < -0.3 is 10.5 Å². The van der Waals surface area contributed by atoms with Crippen LogP contribution < -0.4 is 10.5 Å². The molecule has 1 aromatic carbocycles. The summed E-state index contributed by atoms with van der Waals surface area (Å²) in [5.41, 5.74) is 7.77. The van der Waals surface area contributed by atoms with Crippen LogP contribution in [-0.4, -0.2) is 15.0 Å². The number of hydrogen-bond donors (Lipinski definition) is 1. The normalized spacial score (nSPS) is 12.1. The van der Waals surface area contributed by atoms with Crippen molar-refractivity contribution in [2.45, 2.75) is 26.4 Å². The summed E-state index contributed by atoms with van der Waals surface area (Å²) in [5.74, 6) is 2.04. The van der Waals surface area contributed by atoms with Gasteiger partial charge in [-0.25, -0.2) is 15.0 Å². The van der Waals surface area contributed by atoms with Crippen LogP contribution in [0.4, 0.5) is 5.82 Å². The number of hydrogen-bond acceptors (Lipinski definition) is 6. The van der Waals surface area contributed by atoms with Crippen LogP contribution in [0.3, 0.4) is 0 Å². The highest BCUT2D eigenvalue weighted by Crippen LogP contribution is 2.25.